The van der Waals surface area contributed by atoms with E-state index >= 15 is 0 Å². The summed E-state index contributed by atoms with van der Waals surface area (Å²) in [6.07, 6.45) is 2.76. The second-order valence-electron chi connectivity index (χ2n) is 3.61. The van der Waals surface area contributed by atoms with Crippen molar-refractivity contribution in [1.82, 2.24) is 10.2 Å². The lowest BCUT2D eigenvalue weighted by atomic mass is 10.1. The number of hydrogen-bond donors (Lipinski definition) is 2. The molecule has 1 aromatic heterocycles. The molecule has 0 radical (unpaired) electrons. The number of H-pyrrole nitrogens is 1. The summed E-state index contributed by atoms with van der Waals surface area (Å²) < 4.78 is 23.4. The summed E-state index contributed by atoms with van der Waals surface area (Å²) in [5.41, 5.74) is 7.24. The molecule has 0 unspecified atom stereocenters. The van der Waals surface area contributed by atoms with E-state index in [0.717, 1.165) is 11.1 Å². The summed E-state index contributed by atoms with van der Waals surface area (Å²) in [6, 6.07) is 4.95. The van der Waals surface area contributed by atoms with Crippen LogP contribution in [0.3, 0.4) is 0 Å². The minimum atomic E-state index is -3.23. The fourth-order valence-corrected chi connectivity index (χ4v) is 3.48. The van der Waals surface area contributed by atoms with Crippen molar-refractivity contribution in [3.8, 4) is 11.1 Å². The monoisotopic (exact) mass is 315 g/mol. The van der Waals surface area contributed by atoms with Crippen LogP contribution in [-0.2, 0) is 9.84 Å². The van der Waals surface area contributed by atoms with E-state index in [4.69, 9.17) is 5.73 Å². The van der Waals surface area contributed by atoms with E-state index in [1.54, 1.807) is 24.4 Å². The molecular weight excluding hydrogens is 306 g/mol. The van der Waals surface area contributed by atoms with Gasteiger partial charge in [-0.3, -0.25) is 5.10 Å². The quantitative estimate of drug-likeness (QED) is 0.884. The number of halogens is 1. The molecule has 0 saturated carbocycles. The third-order valence-corrected chi connectivity index (χ3v) is 4.38. The Morgan fingerprint density at radius 1 is 1.41 bits per heavy atom. The fraction of sp³-hybridized carbons (Fsp3) is 0.100. The van der Waals surface area contributed by atoms with Crippen molar-refractivity contribution in [2.24, 2.45) is 0 Å². The summed E-state index contributed by atoms with van der Waals surface area (Å²) >= 11 is 3.24. The van der Waals surface area contributed by atoms with Gasteiger partial charge in [0.25, 0.3) is 0 Å². The maximum atomic E-state index is 11.4. The molecule has 0 aliphatic heterocycles. The lowest BCUT2D eigenvalue weighted by molar-refractivity contribution is 0.601. The van der Waals surface area contributed by atoms with Crippen molar-refractivity contribution in [2.45, 2.75) is 4.90 Å². The van der Waals surface area contributed by atoms with Crippen LogP contribution in [0.1, 0.15) is 0 Å². The third kappa shape index (κ3) is 2.34. The number of hydrogen-bond acceptors (Lipinski definition) is 4. The lowest BCUT2D eigenvalue weighted by Crippen LogP contribution is -1.98. The largest absolute Gasteiger partial charge is 0.384 e. The Morgan fingerprint density at radius 2 is 2.12 bits per heavy atom. The van der Waals surface area contributed by atoms with Gasteiger partial charge in [-0.05, 0) is 33.6 Å². The Hall–Kier alpha value is -1.34. The smallest absolute Gasteiger partial charge is 0.176 e. The van der Waals surface area contributed by atoms with Crippen LogP contribution in [0.5, 0.6) is 0 Å². The molecule has 7 heteroatoms. The highest BCUT2D eigenvalue weighted by atomic mass is 79.9. The zero-order chi connectivity index (χ0) is 12.6. The molecule has 1 aromatic carbocycles. The topological polar surface area (TPSA) is 88.8 Å². The zero-order valence-corrected chi connectivity index (χ0v) is 11.3. The van der Waals surface area contributed by atoms with Crippen LogP contribution < -0.4 is 5.73 Å². The van der Waals surface area contributed by atoms with Gasteiger partial charge in [0.15, 0.2) is 9.84 Å². The number of benzene rings is 1. The highest BCUT2D eigenvalue weighted by Crippen LogP contribution is 2.30. The number of nitrogens with one attached hydrogen (secondary N) is 1. The Balaban J connectivity index is 2.56. The standard InChI is InChI=1S/C10H10BrN3O2S/c1-17(15,16)9-3-2-6(4-8(9)11)7-5-13-14-10(7)12/h2-5H,1H3,(H3,12,13,14). The molecule has 0 saturated heterocycles. The Morgan fingerprint density at radius 3 is 2.59 bits per heavy atom. The van der Waals surface area contributed by atoms with Crippen molar-refractivity contribution >= 4 is 31.6 Å². The minimum Gasteiger partial charge on any atom is -0.384 e. The second kappa shape index (κ2) is 4.15. The van der Waals surface area contributed by atoms with Crippen molar-refractivity contribution in [1.29, 1.82) is 0 Å². The molecule has 5 nitrogen and oxygen atoms in total. The number of nitrogens with zero attached hydrogens (tertiary/aromatic N) is 1. The van der Waals surface area contributed by atoms with E-state index in [1.165, 1.54) is 6.26 Å². The van der Waals surface area contributed by atoms with E-state index in [-0.39, 0.29) is 4.90 Å². The van der Waals surface area contributed by atoms with Crippen molar-refractivity contribution in [3.63, 3.8) is 0 Å². The second-order valence-corrected chi connectivity index (χ2v) is 6.45. The van der Waals surface area contributed by atoms with Crippen LogP contribution in [0.4, 0.5) is 5.82 Å². The SMILES string of the molecule is CS(=O)(=O)c1ccc(-c2cn[nH]c2N)cc1Br. The molecule has 2 rings (SSSR count). The van der Waals surface area contributed by atoms with Crippen LogP contribution in [-0.4, -0.2) is 24.9 Å². The lowest BCUT2D eigenvalue weighted by Gasteiger charge is -2.05. The van der Waals surface area contributed by atoms with Crippen LogP contribution in [0.15, 0.2) is 33.8 Å². The van der Waals surface area contributed by atoms with Crippen molar-refractivity contribution in [3.05, 3.63) is 28.9 Å². The molecule has 17 heavy (non-hydrogen) atoms. The summed E-state index contributed by atoms with van der Waals surface area (Å²) in [5.74, 6) is 0.448. The van der Waals surface area contributed by atoms with Crippen molar-refractivity contribution in [2.75, 3.05) is 12.0 Å². The van der Waals surface area contributed by atoms with Gasteiger partial charge in [0.2, 0.25) is 0 Å². The predicted octanol–water partition coefficient (Wildman–Crippen LogP) is 1.82. The molecule has 0 amide bonds. The first-order valence-electron chi connectivity index (χ1n) is 4.68. The first-order chi connectivity index (χ1) is 7.89. The first kappa shape index (κ1) is 12.1. The molecular formula is C10H10BrN3O2S. The summed E-state index contributed by atoms with van der Waals surface area (Å²) in [7, 11) is -3.23. The summed E-state index contributed by atoms with van der Waals surface area (Å²) in [6.45, 7) is 0. The molecule has 1 heterocycles. The molecule has 3 N–H and O–H groups in total. The maximum absolute atomic E-state index is 11.4. The summed E-state index contributed by atoms with van der Waals surface area (Å²) in [5, 5.41) is 6.44. The van der Waals surface area contributed by atoms with Crippen molar-refractivity contribution < 1.29 is 8.42 Å². The molecule has 0 aliphatic rings. The molecule has 0 fully saturated rings. The highest BCUT2D eigenvalue weighted by molar-refractivity contribution is 9.10. The average Bonchev–Trinajstić information content (AvgIpc) is 2.62. The molecule has 0 spiro atoms. The van der Waals surface area contributed by atoms with Gasteiger partial charge >= 0.3 is 0 Å². The minimum absolute atomic E-state index is 0.253. The molecule has 0 bridgehead atoms. The van der Waals surface area contributed by atoms with Gasteiger partial charge in [-0.1, -0.05) is 6.07 Å². The number of aromatic amines is 1. The van der Waals surface area contributed by atoms with E-state index < -0.39 is 9.84 Å². The van der Waals surface area contributed by atoms with E-state index in [1.807, 2.05) is 0 Å². The first-order valence-corrected chi connectivity index (χ1v) is 7.37. The van der Waals surface area contributed by atoms with Gasteiger partial charge in [0.05, 0.1) is 11.1 Å². The van der Waals surface area contributed by atoms with Gasteiger partial charge < -0.3 is 5.73 Å². The third-order valence-electron chi connectivity index (χ3n) is 2.31. The summed E-state index contributed by atoms with van der Waals surface area (Å²) in [4.78, 5) is 0.253. The number of sulfone groups is 1. The van der Waals surface area contributed by atoms with E-state index in [9.17, 15) is 8.42 Å². The van der Waals surface area contributed by atoms with Crippen LogP contribution in [0, 0.1) is 0 Å². The Kier molecular flexibility index (Phi) is 2.96. The Labute approximate surface area is 107 Å². The van der Waals surface area contributed by atoms with Gasteiger partial charge in [-0.15, -0.1) is 0 Å². The number of nitrogen functional groups attached to an aromatic ring is 1. The van der Waals surface area contributed by atoms with Gasteiger partial charge in [0.1, 0.15) is 5.82 Å². The number of rotatable bonds is 2. The maximum Gasteiger partial charge on any atom is 0.176 e. The molecule has 90 valence electrons. The zero-order valence-electron chi connectivity index (χ0n) is 8.94. The Bertz CT molecular complexity index is 664. The molecule has 0 aliphatic carbocycles. The number of aromatic nitrogens is 2. The van der Waals surface area contributed by atoms with Crippen LogP contribution in [0.2, 0.25) is 0 Å². The van der Waals surface area contributed by atoms with Gasteiger partial charge in [-0.25, -0.2) is 8.42 Å². The van der Waals surface area contributed by atoms with Crippen LogP contribution >= 0.6 is 15.9 Å². The molecule has 0 atom stereocenters. The fourth-order valence-electron chi connectivity index (χ4n) is 1.50. The highest BCUT2D eigenvalue weighted by Gasteiger charge is 2.13. The van der Waals surface area contributed by atoms with E-state index in [2.05, 4.69) is 26.1 Å². The van der Waals surface area contributed by atoms with Crippen LogP contribution in [0.25, 0.3) is 11.1 Å². The average molecular weight is 316 g/mol. The number of nitrogens with two attached hydrogens (primary N) is 1. The molecule has 2 aromatic rings. The van der Waals surface area contributed by atoms with Gasteiger partial charge in [0, 0.05) is 16.3 Å². The predicted molar refractivity (Wildman–Crippen MR) is 69.2 cm³/mol. The number of anilines is 1. The van der Waals surface area contributed by atoms with Gasteiger partial charge in [-0.2, -0.15) is 5.10 Å². The van der Waals surface area contributed by atoms with E-state index in [0.29, 0.717) is 10.3 Å². The normalized spacial score (nSPS) is 11.6.